The number of nitrogen functional groups attached to an aromatic ring is 1. The fourth-order valence-corrected chi connectivity index (χ4v) is 1.49. The zero-order valence-electron chi connectivity index (χ0n) is 6.79. The summed E-state index contributed by atoms with van der Waals surface area (Å²) >= 11 is 5.01. The van der Waals surface area contributed by atoms with Crippen LogP contribution in [0.3, 0.4) is 0 Å². The SMILES string of the molecule is Nc1n[nH]c(=S)n1CCC1CC1. The molecule has 0 radical (unpaired) electrons. The highest BCUT2D eigenvalue weighted by Gasteiger charge is 2.21. The Morgan fingerprint density at radius 3 is 2.92 bits per heavy atom. The zero-order valence-corrected chi connectivity index (χ0v) is 7.60. The standard InChI is InChI=1S/C7H12N4S/c8-6-9-10-7(12)11(6)4-3-5-1-2-5/h5H,1-4H2,(H2,8,9)(H,10,12). The largest absolute Gasteiger partial charge is 0.368 e. The maximum absolute atomic E-state index is 5.60. The summed E-state index contributed by atoms with van der Waals surface area (Å²) in [4.78, 5) is 0. The molecule has 0 unspecified atom stereocenters. The monoisotopic (exact) mass is 184 g/mol. The second-order valence-electron chi connectivity index (χ2n) is 3.27. The number of nitrogens with zero attached hydrogens (tertiary/aromatic N) is 2. The van der Waals surface area contributed by atoms with Crippen LogP contribution in [0.4, 0.5) is 5.95 Å². The van der Waals surface area contributed by atoms with E-state index in [-0.39, 0.29) is 0 Å². The molecule has 0 saturated heterocycles. The van der Waals surface area contributed by atoms with E-state index in [1.807, 2.05) is 4.57 Å². The van der Waals surface area contributed by atoms with Gasteiger partial charge in [-0.3, -0.25) is 4.57 Å². The van der Waals surface area contributed by atoms with Gasteiger partial charge in [-0.25, -0.2) is 5.10 Å². The van der Waals surface area contributed by atoms with Crippen LogP contribution in [-0.2, 0) is 6.54 Å². The Balaban J connectivity index is 2.04. The number of anilines is 1. The molecule has 1 aliphatic rings. The van der Waals surface area contributed by atoms with Gasteiger partial charge < -0.3 is 5.73 Å². The molecular formula is C7H12N4S. The summed E-state index contributed by atoms with van der Waals surface area (Å²) in [5, 5.41) is 6.51. The van der Waals surface area contributed by atoms with Gasteiger partial charge in [0.15, 0.2) is 4.77 Å². The first-order valence-corrected chi connectivity index (χ1v) is 4.59. The Labute approximate surface area is 75.8 Å². The molecule has 1 aromatic heterocycles. The molecule has 1 fully saturated rings. The van der Waals surface area contributed by atoms with Crippen molar-refractivity contribution in [3.8, 4) is 0 Å². The quantitative estimate of drug-likeness (QED) is 0.696. The molecule has 66 valence electrons. The molecule has 12 heavy (non-hydrogen) atoms. The Bertz CT molecular complexity index is 322. The van der Waals surface area contributed by atoms with Crippen molar-refractivity contribution in [2.24, 2.45) is 5.92 Å². The number of hydrogen-bond acceptors (Lipinski definition) is 3. The van der Waals surface area contributed by atoms with Crippen LogP contribution in [0.25, 0.3) is 0 Å². The van der Waals surface area contributed by atoms with E-state index >= 15 is 0 Å². The third-order valence-corrected chi connectivity index (χ3v) is 2.56. The van der Waals surface area contributed by atoms with E-state index < -0.39 is 0 Å². The molecule has 0 aromatic carbocycles. The lowest BCUT2D eigenvalue weighted by Gasteiger charge is -2.00. The normalized spacial score (nSPS) is 16.7. The van der Waals surface area contributed by atoms with Crippen LogP contribution in [0, 0.1) is 10.7 Å². The molecular weight excluding hydrogens is 172 g/mol. The third kappa shape index (κ3) is 1.50. The minimum Gasteiger partial charge on any atom is -0.368 e. The first-order chi connectivity index (χ1) is 5.77. The lowest BCUT2D eigenvalue weighted by Crippen LogP contribution is -2.04. The number of H-pyrrole nitrogens is 1. The predicted octanol–water partition coefficient (Wildman–Crippen LogP) is 1.32. The van der Waals surface area contributed by atoms with Crippen LogP contribution in [0.15, 0.2) is 0 Å². The maximum atomic E-state index is 5.60. The van der Waals surface area contributed by atoms with Crippen LogP contribution in [0.2, 0.25) is 0 Å². The highest BCUT2D eigenvalue weighted by molar-refractivity contribution is 7.71. The van der Waals surface area contributed by atoms with Gasteiger partial charge in [0.2, 0.25) is 5.95 Å². The van der Waals surface area contributed by atoms with Crippen molar-refractivity contribution in [2.75, 3.05) is 5.73 Å². The number of nitrogens with one attached hydrogen (secondary N) is 1. The Morgan fingerprint density at radius 1 is 1.67 bits per heavy atom. The van der Waals surface area contributed by atoms with E-state index in [1.165, 1.54) is 19.3 Å². The summed E-state index contributed by atoms with van der Waals surface area (Å²) in [6, 6.07) is 0. The van der Waals surface area contributed by atoms with Crippen molar-refractivity contribution in [3.05, 3.63) is 4.77 Å². The topological polar surface area (TPSA) is 59.6 Å². The van der Waals surface area contributed by atoms with Crippen LogP contribution >= 0.6 is 12.2 Å². The fourth-order valence-electron chi connectivity index (χ4n) is 1.26. The van der Waals surface area contributed by atoms with Crippen molar-refractivity contribution in [3.63, 3.8) is 0 Å². The van der Waals surface area contributed by atoms with E-state index in [0.717, 1.165) is 12.5 Å². The van der Waals surface area contributed by atoms with E-state index in [0.29, 0.717) is 10.7 Å². The van der Waals surface area contributed by atoms with Gasteiger partial charge in [0.25, 0.3) is 0 Å². The van der Waals surface area contributed by atoms with Crippen LogP contribution in [0.1, 0.15) is 19.3 Å². The summed E-state index contributed by atoms with van der Waals surface area (Å²) < 4.78 is 2.49. The van der Waals surface area contributed by atoms with Crippen molar-refractivity contribution in [1.29, 1.82) is 0 Å². The average molecular weight is 184 g/mol. The molecule has 0 amide bonds. The number of aromatic amines is 1. The van der Waals surface area contributed by atoms with E-state index in [1.54, 1.807) is 0 Å². The van der Waals surface area contributed by atoms with Gasteiger partial charge in [0.05, 0.1) is 0 Å². The van der Waals surface area contributed by atoms with Gasteiger partial charge in [-0.1, -0.05) is 12.8 Å². The van der Waals surface area contributed by atoms with Gasteiger partial charge in [0, 0.05) is 6.54 Å². The highest BCUT2D eigenvalue weighted by Crippen LogP contribution is 2.32. The van der Waals surface area contributed by atoms with E-state index in [9.17, 15) is 0 Å². The first-order valence-electron chi connectivity index (χ1n) is 4.18. The van der Waals surface area contributed by atoms with Crippen LogP contribution in [-0.4, -0.2) is 14.8 Å². The molecule has 1 heterocycles. The molecule has 0 aliphatic heterocycles. The summed E-state index contributed by atoms with van der Waals surface area (Å²) in [6.45, 7) is 0.909. The zero-order chi connectivity index (χ0) is 8.55. The van der Waals surface area contributed by atoms with Gasteiger partial charge >= 0.3 is 0 Å². The van der Waals surface area contributed by atoms with Crippen molar-refractivity contribution < 1.29 is 0 Å². The van der Waals surface area contributed by atoms with Crippen LogP contribution in [0.5, 0.6) is 0 Å². The number of hydrogen-bond donors (Lipinski definition) is 2. The average Bonchev–Trinajstić information content (AvgIpc) is 2.80. The Hall–Kier alpha value is -0.840. The van der Waals surface area contributed by atoms with Gasteiger partial charge in [-0.2, -0.15) is 0 Å². The second-order valence-corrected chi connectivity index (χ2v) is 3.66. The lowest BCUT2D eigenvalue weighted by atomic mass is 10.3. The summed E-state index contributed by atoms with van der Waals surface area (Å²) in [6.07, 6.45) is 3.91. The molecule has 4 nitrogen and oxygen atoms in total. The Morgan fingerprint density at radius 2 is 2.42 bits per heavy atom. The highest BCUT2D eigenvalue weighted by atomic mass is 32.1. The van der Waals surface area contributed by atoms with Gasteiger partial charge in [-0.15, -0.1) is 5.10 Å². The number of rotatable bonds is 3. The van der Waals surface area contributed by atoms with Crippen molar-refractivity contribution >= 4 is 18.2 Å². The van der Waals surface area contributed by atoms with Crippen molar-refractivity contribution in [2.45, 2.75) is 25.8 Å². The third-order valence-electron chi connectivity index (χ3n) is 2.25. The van der Waals surface area contributed by atoms with Crippen LogP contribution < -0.4 is 5.73 Å². The Kier molecular flexibility index (Phi) is 1.88. The molecule has 0 bridgehead atoms. The lowest BCUT2D eigenvalue weighted by molar-refractivity contribution is 0.596. The van der Waals surface area contributed by atoms with E-state index in [4.69, 9.17) is 18.0 Å². The minimum absolute atomic E-state index is 0.501. The summed E-state index contributed by atoms with van der Waals surface area (Å²) in [5.41, 5.74) is 5.60. The smallest absolute Gasteiger partial charge is 0.220 e. The fraction of sp³-hybridized carbons (Fsp3) is 0.714. The maximum Gasteiger partial charge on any atom is 0.220 e. The first kappa shape index (κ1) is 7.79. The molecule has 5 heteroatoms. The summed E-state index contributed by atoms with van der Waals surface area (Å²) in [7, 11) is 0. The van der Waals surface area contributed by atoms with Gasteiger partial charge in [0.1, 0.15) is 0 Å². The predicted molar refractivity (Wildman–Crippen MR) is 49.2 cm³/mol. The molecule has 1 aromatic rings. The second kappa shape index (κ2) is 2.90. The number of aromatic nitrogens is 3. The molecule has 0 atom stereocenters. The summed E-state index contributed by atoms with van der Waals surface area (Å²) in [5.74, 6) is 1.40. The number of nitrogens with two attached hydrogens (primary N) is 1. The van der Waals surface area contributed by atoms with Crippen molar-refractivity contribution in [1.82, 2.24) is 14.8 Å². The molecule has 1 aliphatic carbocycles. The molecule has 0 spiro atoms. The van der Waals surface area contributed by atoms with E-state index in [2.05, 4.69) is 10.2 Å². The van der Waals surface area contributed by atoms with Gasteiger partial charge in [-0.05, 0) is 24.6 Å². The molecule has 2 rings (SSSR count). The minimum atomic E-state index is 0.501. The molecule has 1 saturated carbocycles. The molecule has 3 N–H and O–H groups in total.